The molecule has 1 N–H and O–H groups in total. The fourth-order valence-corrected chi connectivity index (χ4v) is 2.04. The minimum atomic E-state index is 0.740. The Morgan fingerprint density at radius 1 is 1.33 bits per heavy atom. The molecule has 0 atom stereocenters. The van der Waals surface area contributed by atoms with Gasteiger partial charge >= 0.3 is 0 Å². The Bertz CT molecular complexity index is 246. The number of imidazole rings is 1. The Morgan fingerprint density at radius 2 is 2.08 bits per heavy atom. The van der Waals surface area contributed by atoms with Gasteiger partial charge in [-0.15, -0.1) is 0 Å². The third-order valence-corrected chi connectivity index (χ3v) is 2.75. The second-order valence-corrected chi connectivity index (χ2v) is 3.75. The fraction of sp³-hybridized carbons (Fsp3) is 0.700. The molecule has 0 aromatic carbocycles. The zero-order chi connectivity index (χ0) is 8.39. The van der Waals surface area contributed by atoms with E-state index in [-0.39, 0.29) is 0 Å². The number of nitrogens with one attached hydrogen (secondary N) is 1. The SMILES string of the molecule is Cc1nc(C2CCCCC2)c[nH]1. The molecule has 0 bridgehead atoms. The monoisotopic (exact) mass is 164 g/mol. The van der Waals surface area contributed by atoms with Gasteiger partial charge in [0.1, 0.15) is 5.82 Å². The van der Waals surface area contributed by atoms with Crippen molar-refractivity contribution in [2.45, 2.75) is 44.9 Å². The van der Waals surface area contributed by atoms with Crippen LogP contribution in [0.25, 0.3) is 0 Å². The summed E-state index contributed by atoms with van der Waals surface area (Å²) in [5.41, 5.74) is 1.28. The van der Waals surface area contributed by atoms with Gasteiger partial charge in [0.05, 0.1) is 5.69 Å². The van der Waals surface area contributed by atoms with Crippen LogP contribution in [0.1, 0.15) is 49.5 Å². The van der Waals surface area contributed by atoms with E-state index in [0.717, 1.165) is 11.7 Å². The van der Waals surface area contributed by atoms with Crippen molar-refractivity contribution < 1.29 is 0 Å². The van der Waals surface area contributed by atoms with Crippen LogP contribution in [-0.4, -0.2) is 9.97 Å². The number of aryl methyl sites for hydroxylation is 1. The Hall–Kier alpha value is -0.790. The first kappa shape index (κ1) is 7.84. The molecule has 1 aliphatic rings. The van der Waals surface area contributed by atoms with Crippen molar-refractivity contribution >= 4 is 0 Å². The number of nitrogens with zero attached hydrogens (tertiary/aromatic N) is 1. The van der Waals surface area contributed by atoms with Crippen LogP contribution in [0, 0.1) is 6.92 Å². The van der Waals surface area contributed by atoms with Gasteiger partial charge in [-0.05, 0) is 19.8 Å². The Balaban J connectivity index is 2.08. The van der Waals surface area contributed by atoms with Gasteiger partial charge in [-0.1, -0.05) is 19.3 Å². The van der Waals surface area contributed by atoms with Crippen LogP contribution in [0.15, 0.2) is 6.20 Å². The van der Waals surface area contributed by atoms with Crippen molar-refractivity contribution in [3.8, 4) is 0 Å². The van der Waals surface area contributed by atoms with Crippen molar-refractivity contribution in [2.24, 2.45) is 0 Å². The summed E-state index contributed by atoms with van der Waals surface area (Å²) in [5.74, 6) is 1.79. The predicted octanol–water partition coefficient (Wildman–Crippen LogP) is 2.77. The van der Waals surface area contributed by atoms with Gasteiger partial charge in [-0.3, -0.25) is 0 Å². The molecular formula is C10H16N2. The maximum Gasteiger partial charge on any atom is 0.103 e. The van der Waals surface area contributed by atoms with Gasteiger partial charge in [0.15, 0.2) is 0 Å². The van der Waals surface area contributed by atoms with Gasteiger partial charge in [-0.2, -0.15) is 0 Å². The zero-order valence-corrected chi connectivity index (χ0v) is 7.64. The second kappa shape index (κ2) is 3.30. The van der Waals surface area contributed by atoms with Gasteiger partial charge in [-0.25, -0.2) is 4.98 Å². The molecule has 2 rings (SSSR count). The first-order chi connectivity index (χ1) is 5.86. The third kappa shape index (κ3) is 1.52. The first-order valence-corrected chi connectivity index (χ1v) is 4.88. The van der Waals surface area contributed by atoms with Crippen LogP contribution < -0.4 is 0 Å². The predicted molar refractivity (Wildman–Crippen MR) is 49.2 cm³/mol. The Morgan fingerprint density at radius 3 is 2.67 bits per heavy atom. The van der Waals surface area contributed by atoms with Gasteiger partial charge in [0.2, 0.25) is 0 Å². The van der Waals surface area contributed by atoms with Crippen LogP contribution in [-0.2, 0) is 0 Å². The summed E-state index contributed by atoms with van der Waals surface area (Å²) < 4.78 is 0. The van der Waals surface area contributed by atoms with E-state index in [1.54, 1.807) is 0 Å². The van der Waals surface area contributed by atoms with E-state index in [1.807, 2.05) is 6.92 Å². The lowest BCUT2D eigenvalue weighted by Crippen LogP contribution is -2.04. The molecule has 1 fully saturated rings. The number of H-pyrrole nitrogens is 1. The molecule has 12 heavy (non-hydrogen) atoms. The van der Waals surface area contributed by atoms with E-state index in [4.69, 9.17) is 0 Å². The first-order valence-electron chi connectivity index (χ1n) is 4.88. The molecule has 1 heterocycles. The molecule has 1 aromatic heterocycles. The summed E-state index contributed by atoms with van der Waals surface area (Å²) >= 11 is 0. The summed E-state index contributed by atoms with van der Waals surface area (Å²) in [6, 6.07) is 0. The number of aromatic nitrogens is 2. The third-order valence-electron chi connectivity index (χ3n) is 2.75. The van der Waals surface area contributed by atoms with E-state index in [1.165, 1.54) is 37.8 Å². The number of hydrogen-bond donors (Lipinski definition) is 1. The molecule has 0 saturated heterocycles. The quantitative estimate of drug-likeness (QED) is 0.679. The van der Waals surface area contributed by atoms with E-state index in [9.17, 15) is 0 Å². The molecule has 1 aromatic rings. The highest BCUT2D eigenvalue weighted by atomic mass is 14.9. The average molecular weight is 164 g/mol. The largest absolute Gasteiger partial charge is 0.349 e. The molecule has 2 heteroatoms. The molecule has 66 valence electrons. The van der Waals surface area contributed by atoms with E-state index >= 15 is 0 Å². The van der Waals surface area contributed by atoms with Crippen molar-refractivity contribution in [1.82, 2.24) is 9.97 Å². The molecule has 0 amide bonds. The van der Waals surface area contributed by atoms with Gasteiger partial charge < -0.3 is 4.98 Å². The normalized spacial score (nSPS) is 19.8. The summed E-state index contributed by atoms with van der Waals surface area (Å²) in [6.45, 7) is 2.02. The van der Waals surface area contributed by atoms with Crippen molar-refractivity contribution in [1.29, 1.82) is 0 Å². The topological polar surface area (TPSA) is 28.7 Å². The molecule has 1 saturated carbocycles. The van der Waals surface area contributed by atoms with Crippen molar-refractivity contribution in [2.75, 3.05) is 0 Å². The van der Waals surface area contributed by atoms with E-state index < -0.39 is 0 Å². The maximum absolute atomic E-state index is 4.48. The molecule has 2 nitrogen and oxygen atoms in total. The maximum atomic E-state index is 4.48. The fourth-order valence-electron chi connectivity index (χ4n) is 2.04. The molecule has 0 aliphatic heterocycles. The standard InChI is InChI=1S/C10H16N2/c1-8-11-7-10(12-8)9-5-3-2-4-6-9/h7,9H,2-6H2,1H3,(H,11,12). The molecule has 0 radical (unpaired) electrons. The summed E-state index contributed by atoms with van der Waals surface area (Å²) in [6.07, 6.45) is 8.94. The Kier molecular flexibility index (Phi) is 2.15. The molecule has 1 aliphatic carbocycles. The van der Waals surface area contributed by atoms with E-state index in [0.29, 0.717) is 0 Å². The molecule has 0 spiro atoms. The van der Waals surface area contributed by atoms with Crippen molar-refractivity contribution in [3.63, 3.8) is 0 Å². The highest BCUT2D eigenvalue weighted by Gasteiger charge is 2.16. The summed E-state index contributed by atoms with van der Waals surface area (Å²) in [5, 5.41) is 0. The lowest BCUT2D eigenvalue weighted by atomic mass is 9.87. The highest BCUT2D eigenvalue weighted by molar-refractivity contribution is 5.07. The highest BCUT2D eigenvalue weighted by Crippen LogP contribution is 2.31. The summed E-state index contributed by atoms with van der Waals surface area (Å²) in [4.78, 5) is 7.63. The molecule has 0 unspecified atom stereocenters. The lowest BCUT2D eigenvalue weighted by Gasteiger charge is -2.19. The van der Waals surface area contributed by atoms with Crippen LogP contribution in [0.2, 0.25) is 0 Å². The van der Waals surface area contributed by atoms with Crippen LogP contribution >= 0.6 is 0 Å². The van der Waals surface area contributed by atoms with Gasteiger partial charge in [0, 0.05) is 12.1 Å². The van der Waals surface area contributed by atoms with Crippen LogP contribution in [0.3, 0.4) is 0 Å². The Labute approximate surface area is 73.4 Å². The van der Waals surface area contributed by atoms with E-state index in [2.05, 4.69) is 16.2 Å². The summed E-state index contributed by atoms with van der Waals surface area (Å²) in [7, 11) is 0. The molecular weight excluding hydrogens is 148 g/mol. The second-order valence-electron chi connectivity index (χ2n) is 3.75. The van der Waals surface area contributed by atoms with Crippen molar-refractivity contribution in [3.05, 3.63) is 17.7 Å². The number of aromatic amines is 1. The number of hydrogen-bond acceptors (Lipinski definition) is 1. The minimum absolute atomic E-state index is 0.740. The smallest absolute Gasteiger partial charge is 0.103 e. The number of rotatable bonds is 1. The average Bonchev–Trinajstić information content (AvgIpc) is 2.54. The van der Waals surface area contributed by atoms with Gasteiger partial charge in [0.25, 0.3) is 0 Å². The lowest BCUT2D eigenvalue weighted by molar-refractivity contribution is 0.437. The minimum Gasteiger partial charge on any atom is -0.349 e. The zero-order valence-electron chi connectivity index (χ0n) is 7.64. The van der Waals surface area contributed by atoms with Crippen LogP contribution in [0.4, 0.5) is 0 Å². The van der Waals surface area contributed by atoms with Crippen LogP contribution in [0.5, 0.6) is 0 Å².